The molecule has 0 aromatic carbocycles. The van der Waals surface area contributed by atoms with Gasteiger partial charge in [-0.3, -0.25) is 4.79 Å². The van der Waals surface area contributed by atoms with Crippen LogP contribution in [-0.2, 0) is 9.53 Å². The minimum atomic E-state index is -0.300. The molecule has 1 amide bonds. The zero-order valence-corrected chi connectivity index (χ0v) is 8.88. The summed E-state index contributed by atoms with van der Waals surface area (Å²) in [6, 6.07) is 0. The third kappa shape index (κ3) is 3.25. The Kier molecular flexibility index (Phi) is 4.86. The van der Waals surface area contributed by atoms with Crippen LogP contribution in [0.2, 0.25) is 0 Å². The van der Waals surface area contributed by atoms with Crippen LogP contribution in [0.25, 0.3) is 0 Å². The van der Waals surface area contributed by atoms with Gasteiger partial charge in [-0.2, -0.15) is 0 Å². The topological polar surface area (TPSA) is 53.6 Å². The van der Waals surface area contributed by atoms with Gasteiger partial charge in [0.25, 0.3) is 5.91 Å². The van der Waals surface area contributed by atoms with Gasteiger partial charge in [0.15, 0.2) is 0 Å². The average molecular weight is 201 g/mol. The van der Waals surface area contributed by atoms with Crippen molar-refractivity contribution in [3.8, 4) is 0 Å². The number of ether oxygens (including phenoxy) is 1. The van der Waals surface area contributed by atoms with E-state index in [4.69, 9.17) is 4.74 Å². The predicted octanol–water partition coefficient (Wildman–Crippen LogP) is -1.35. The van der Waals surface area contributed by atoms with E-state index in [1.165, 1.54) is 0 Å². The van der Waals surface area contributed by atoms with E-state index in [0.717, 1.165) is 19.6 Å². The number of amides is 1. The maximum absolute atomic E-state index is 11.7. The van der Waals surface area contributed by atoms with E-state index >= 15 is 0 Å². The summed E-state index contributed by atoms with van der Waals surface area (Å²) in [5.41, 5.74) is 0. The lowest BCUT2D eigenvalue weighted by Gasteiger charge is -2.27. The Bertz CT molecular complexity index is 181. The monoisotopic (exact) mass is 201 g/mol. The molecule has 1 atom stereocenters. The minimum Gasteiger partial charge on any atom is -0.366 e. The normalized spacial score (nSPS) is 22.0. The molecule has 0 aromatic heterocycles. The quantitative estimate of drug-likeness (QED) is 0.591. The molecular weight excluding hydrogens is 182 g/mol. The Labute approximate surface area is 84.8 Å². The van der Waals surface area contributed by atoms with E-state index in [1.807, 2.05) is 7.05 Å². The fourth-order valence-corrected chi connectivity index (χ4v) is 1.36. The zero-order chi connectivity index (χ0) is 10.4. The largest absolute Gasteiger partial charge is 0.366 e. The van der Waals surface area contributed by atoms with Crippen LogP contribution in [0.3, 0.4) is 0 Å². The molecule has 0 saturated carbocycles. The van der Waals surface area contributed by atoms with Crippen LogP contribution in [0.4, 0.5) is 0 Å². The Hall–Kier alpha value is -0.650. The van der Waals surface area contributed by atoms with E-state index in [2.05, 4.69) is 10.6 Å². The highest BCUT2D eigenvalue weighted by Crippen LogP contribution is 2.00. The summed E-state index contributed by atoms with van der Waals surface area (Å²) in [7, 11) is 3.68. The van der Waals surface area contributed by atoms with Crippen molar-refractivity contribution in [1.82, 2.24) is 15.5 Å². The summed E-state index contributed by atoms with van der Waals surface area (Å²) < 4.78 is 5.37. The number of rotatable bonds is 4. The van der Waals surface area contributed by atoms with Crippen molar-refractivity contribution in [2.75, 3.05) is 46.9 Å². The molecule has 5 nitrogen and oxygen atoms in total. The van der Waals surface area contributed by atoms with Crippen LogP contribution >= 0.6 is 0 Å². The van der Waals surface area contributed by atoms with Gasteiger partial charge in [0.1, 0.15) is 6.10 Å². The Morgan fingerprint density at radius 3 is 3.07 bits per heavy atom. The van der Waals surface area contributed by atoms with Gasteiger partial charge in [-0.15, -0.1) is 0 Å². The maximum Gasteiger partial charge on any atom is 0.252 e. The smallest absolute Gasteiger partial charge is 0.252 e. The van der Waals surface area contributed by atoms with Crippen molar-refractivity contribution in [3.05, 3.63) is 0 Å². The number of nitrogens with one attached hydrogen (secondary N) is 2. The van der Waals surface area contributed by atoms with Gasteiger partial charge in [-0.1, -0.05) is 0 Å². The SMILES string of the molecule is CNCCN(C)C(=O)C1CNCCO1. The summed E-state index contributed by atoms with van der Waals surface area (Å²) >= 11 is 0. The molecule has 1 fully saturated rings. The predicted molar refractivity (Wildman–Crippen MR) is 54.2 cm³/mol. The number of morpholine rings is 1. The van der Waals surface area contributed by atoms with E-state index < -0.39 is 0 Å². The van der Waals surface area contributed by atoms with Gasteiger partial charge in [0, 0.05) is 33.2 Å². The standard InChI is InChI=1S/C9H19N3O2/c1-10-3-5-12(2)9(13)8-7-11-4-6-14-8/h8,10-11H,3-7H2,1-2H3. The molecule has 82 valence electrons. The van der Waals surface area contributed by atoms with Crippen LogP contribution in [0.15, 0.2) is 0 Å². The van der Waals surface area contributed by atoms with E-state index in [1.54, 1.807) is 11.9 Å². The summed E-state index contributed by atoms with van der Waals surface area (Å²) in [5, 5.41) is 6.14. The summed E-state index contributed by atoms with van der Waals surface area (Å²) in [5.74, 6) is 0.0625. The van der Waals surface area contributed by atoms with Crippen LogP contribution in [-0.4, -0.2) is 63.8 Å². The number of carbonyl (C=O) groups is 1. The van der Waals surface area contributed by atoms with Crippen molar-refractivity contribution in [1.29, 1.82) is 0 Å². The number of likely N-dealkylation sites (N-methyl/N-ethyl adjacent to an activating group) is 2. The number of carbonyl (C=O) groups excluding carboxylic acids is 1. The molecule has 1 rings (SSSR count). The van der Waals surface area contributed by atoms with Crippen molar-refractivity contribution in [3.63, 3.8) is 0 Å². The minimum absolute atomic E-state index is 0.0625. The van der Waals surface area contributed by atoms with Gasteiger partial charge in [-0.25, -0.2) is 0 Å². The molecule has 1 aliphatic heterocycles. The lowest BCUT2D eigenvalue weighted by atomic mass is 10.2. The molecule has 0 aromatic rings. The average Bonchev–Trinajstić information content (AvgIpc) is 2.26. The Balaban J connectivity index is 2.30. The van der Waals surface area contributed by atoms with Crippen molar-refractivity contribution >= 4 is 5.91 Å². The Morgan fingerprint density at radius 1 is 1.71 bits per heavy atom. The number of nitrogens with zero attached hydrogens (tertiary/aromatic N) is 1. The van der Waals surface area contributed by atoms with Crippen molar-refractivity contribution in [2.45, 2.75) is 6.10 Å². The zero-order valence-electron chi connectivity index (χ0n) is 8.88. The molecule has 1 saturated heterocycles. The van der Waals surface area contributed by atoms with Gasteiger partial charge < -0.3 is 20.3 Å². The molecule has 0 spiro atoms. The first-order valence-electron chi connectivity index (χ1n) is 4.97. The molecule has 1 aliphatic rings. The second-order valence-electron chi connectivity index (χ2n) is 3.43. The molecule has 5 heteroatoms. The highest BCUT2D eigenvalue weighted by molar-refractivity contribution is 5.81. The fourth-order valence-electron chi connectivity index (χ4n) is 1.36. The van der Waals surface area contributed by atoms with Crippen LogP contribution < -0.4 is 10.6 Å². The molecule has 2 N–H and O–H groups in total. The lowest BCUT2D eigenvalue weighted by molar-refractivity contribution is -0.143. The summed E-state index contributed by atoms with van der Waals surface area (Å²) in [4.78, 5) is 13.4. The molecule has 0 radical (unpaired) electrons. The van der Waals surface area contributed by atoms with Gasteiger partial charge >= 0.3 is 0 Å². The van der Waals surface area contributed by atoms with E-state index in [-0.39, 0.29) is 12.0 Å². The molecule has 0 aliphatic carbocycles. The molecular formula is C9H19N3O2. The number of hydrogen-bond acceptors (Lipinski definition) is 4. The maximum atomic E-state index is 11.7. The molecule has 0 bridgehead atoms. The molecule has 14 heavy (non-hydrogen) atoms. The van der Waals surface area contributed by atoms with Gasteiger partial charge in [0.05, 0.1) is 6.61 Å². The van der Waals surface area contributed by atoms with Gasteiger partial charge in [-0.05, 0) is 7.05 Å². The number of hydrogen-bond donors (Lipinski definition) is 2. The Morgan fingerprint density at radius 2 is 2.50 bits per heavy atom. The van der Waals surface area contributed by atoms with Crippen LogP contribution in [0.1, 0.15) is 0 Å². The first-order valence-corrected chi connectivity index (χ1v) is 4.97. The second-order valence-corrected chi connectivity index (χ2v) is 3.43. The summed E-state index contributed by atoms with van der Waals surface area (Å²) in [6.45, 7) is 3.61. The molecule has 1 unspecified atom stereocenters. The van der Waals surface area contributed by atoms with Crippen molar-refractivity contribution < 1.29 is 9.53 Å². The van der Waals surface area contributed by atoms with Crippen molar-refractivity contribution in [2.24, 2.45) is 0 Å². The first-order chi connectivity index (χ1) is 6.75. The highest BCUT2D eigenvalue weighted by atomic mass is 16.5. The fraction of sp³-hybridized carbons (Fsp3) is 0.889. The van der Waals surface area contributed by atoms with Crippen LogP contribution in [0.5, 0.6) is 0 Å². The molecule has 1 heterocycles. The van der Waals surface area contributed by atoms with Crippen LogP contribution in [0, 0.1) is 0 Å². The second kappa shape index (κ2) is 5.95. The summed E-state index contributed by atoms with van der Waals surface area (Å²) in [6.07, 6.45) is -0.300. The third-order valence-corrected chi connectivity index (χ3v) is 2.28. The van der Waals surface area contributed by atoms with E-state index in [0.29, 0.717) is 13.2 Å². The van der Waals surface area contributed by atoms with E-state index in [9.17, 15) is 4.79 Å². The van der Waals surface area contributed by atoms with Gasteiger partial charge in [0.2, 0.25) is 0 Å². The lowest BCUT2D eigenvalue weighted by Crippen LogP contribution is -2.49. The first kappa shape index (κ1) is 11.4. The highest BCUT2D eigenvalue weighted by Gasteiger charge is 2.24. The third-order valence-electron chi connectivity index (χ3n) is 2.28.